The van der Waals surface area contributed by atoms with Gasteiger partial charge in [0.05, 0.1) is 0 Å². The van der Waals surface area contributed by atoms with Crippen molar-refractivity contribution in [2.24, 2.45) is 0 Å². The molecule has 25 heavy (non-hydrogen) atoms. The van der Waals surface area contributed by atoms with Crippen LogP contribution in [0.5, 0.6) is 0 Å². The van der Waals surface area contributed by atoms with Crippen molar-refractivity contribution < 1.29 is 13.7 Å². The molecule has 1 aliphatic heterocycles. The molecule has 0 saturated carbocycles. The number of benzene rings is 1. The van der Waals surface area contributed by atoms with E-state index in [1.807, 2.05) is 4.90 Å². The molecule has 1 atom stereocenters. The second kappa shape index (κ2) is 7.74. The van der Waals surface area contributed by atoms with E-state index in [0.717, 1.165) is 19.6 Å². The van der Waals surface area contributed by atoms with Crippen molar-refractivity contribution in [3.05, 3.63) is 36.0 Å². The van der Waals surface area contributed by atoms with Crippen LogP contribution in [0.25, 0.3) is 11.4 Å². The van der Waals surface area contributed by atoms with E-state index in [9.17, 15) is 9.18 Å². The number of hydrogen-bond acceptors (Lipinski definition) is 5. The van der Waals surface area contributed by atoms with Gasteiger partial charge in [-0.25, -0.2) is 4.39 Å². The van der Waals surface area contributed by atoms with E-state index in [2.05, 4.69) is 29.0 Å². The fourth-order valence-corrected chi connectivity index (χ4v) is 3.12. The van der Waals surface area contributed by atoms with Gasteiger partial charge < -0.3 is 14.3 Å². The summed E-state index contributed by atoms with van der Waals surface area (Å²) in [5, 5.41) is 3.91. The predicted octanol–water partition coefficient (Wildman–Crippen LogP) is 2.36. The second-order valence-electron chi connectivity index (χ2n) is 6.57. The zero-order chi connectivity index (χ0) is 17.8. The topological polar surface area (TPSA) is 62.5 Å². The third kappa shape index (κ3) is 4.42. The minimum Gasteiger partial charge on any atom is -0.339 e. The van der Waals surface area contributed by atoms with Crippen molar-refractivity contribution in [1.82, 2.24) is 19.9 Å². The molecule has 1 amide bonds. The molecule has 7 heteroatoms. The van der Waals surface area contributed by atoms with E-state index >= 15 is 0 Å². The van der Waals surface area contributed by atoms with Gasteiger partial charge in [-0.15, -0.1) is 0 Å². The van der Waals surface area contributed by atoms with Gasteiger partial charge >= 0.3 is 0 Å². The van der Waals surface area contributed by atoms with Crippen molar-refractivity contribution in [2.75, 3.05) is 26.7 Å². The van der Waals surface area contributed by atoms with Crippen LogP contribution in [0.15, 0.2) is 28.8 Å². The SMILES string of the molecule is C[C@@H]1CN(C)CCN1C(=O)CCCc1nc(-c2ccc(F)cc2)no1. The van der Waals surface area contributed by atoms with Gasteiger partial charge in [0.1, 0.15) is 5.82 Å². The highest BCUT2D eigenvalue weighted by atomic mass is 19.1. The highest BCUT2D eigenvalue weighted by Gasteiger charge is 2.25. The van der Waals surface area contributed by atoms with Crippen molar-refractivity contribution >= 4 is 5.91 Å². The van der Waals surface area contributed by atoms with Gasteiger partial charge in [-0.1, -0.05) is 5.16 Å². The molecule has 1 aromatic heterocycles. The van der Waals surface area contributed by atoms with Crippen LogP contribution in [0, 0.1) is 5.82 Å². The van der Waals surface area contributed by atoms with Gasteiger partial charge in [-0.05, 0) is 44.7 Å². The predicted molar refractivity (Wildman–Crippen MR) is 91.3 cm³/mol. The number of aryl methyl sites for hydroxylation is 1. The number of hydrogen-bond donors (Lipinski definition) is 0. The Morgan fingerprint density at radius 1 is 1.32 bits per heavy atom. The minimum atomic E-state index is -0.302. The summed E-state index contributed by atoms with van der Waals surface area (Å²) in [7, 11) is 2.08. The van der Waals surface area contributed by atoms with Crippen LogP contribution in [-0.4, -0.2) is 58.6 Å². The van der Waals surface area contributed by atoms with Crippen molar-refractivity contribution in [1.29, 1.82) is 0 Å². The minimum absolute atomic E-state index is 0.180. The van der Waals surface area contributed by atoms with E-state index in [4.69, 9.17) is 4.52 Å². The molecule has 6 nitrogen and oxygen atoms in total. The number of carbonyl (C=O) groups excluding carboxylic acids is 1. The molecule has 1 saturated heterocycles. The highest BCUT2D eigenvalue weighted by molar-refractivity contribution is 5.76. The number of halogens is 1. The smallest absolute Gasteiger partial charge is 0.226 e. The van der Waals surface area contributed by atoms with Crippen LogP contribution in [0.3, 0.4) is 0 Å². The molecule has 0 N–H and O–H groups in total. The standard InChI is InChI=1S/C18H23FN4O2/c1-13-12-22(2)10-11-23(13)17(24)5-3-4-16-20-18(21-25-16)14-6-8-15(19)9-7-14/h6-9,13H,3-5,10-12H2,1-2H3/t13-/m1/s1. The first kappa shape index (κ1) is 17.5. The van der Waals surface area contributed by atoms with Crippen LogP contribution in [-0.2, 0) is 11.2 Å². The van der Waals surface area contributed by atoms with Crippen LogP contribution >= 0.6 is 0 Å². The first-order chi connectivity index (χ1) is 12.0. The number of likely N-dealkylation sites (N-methyl/N-ethyl adjacent to an activating group) is 1. The van der Waals surface area contributed by atoms with E-state index in [1.165, 1.54) is 12.1 Å². The number of aromatic nitrogens is 2. The molecule has 0 radical (unpaired) electrons. The Kier molecular flexibility index (Phi) is 5.43. The lowest BCUT2D eigenvalue weighted by atomic mass is 10.1. The fraction of sp³-hybridized carbons (Fsp3) is 0.500. The molecule has 0 unspecified atom stereocenters. The van der Waals surface area contributed by atoms with Crippen molar-refractivity contribution in [3.63, 3.8) is 0 Å². The van der Waals surface area contributed by atoms with E-state index in [-0.39, 0.29) is 17.8 Å². The van der Waals surface area contributed by atoms with E-state index < -0.39 is 0 Å². The first-order valence-electron chi connectivity index (χ1n) is 8.59. The number of rotatable bonds is 5. The van der Waals surface area contributed by atoms with Crippen LogP contribution < -0.4 is 0 Å². The zero-order valence-electron chi connectivity index (χ0n) is 14.6. The second-order valence-corrected chi connectivity index (χ2v) is 6.57. The summed E-state index contributed by atoms with van der Waals surface area (Å²) in [5.74, 6) is 0.815. The third-order valence-corrected chi connectivity index (χ3v) is 4.50. The van der Waals surface area contributed by atoms with Crippen molar-refractivity contribution in [3.8, 4) is 11.4 Å². The van der Waals surface area contributed by atoms with E-state index in [0.29, 0.717) is 36.5 Å². The molecule has 0 aliphatic carbocycles. The van der Waals surface area contributed by atoms with Crippen LogP contribution in [0.1, 0.15) is 25.7 Å². The van der Waals surface area contributed by atoms with Gasteiger partial charge in [-0.3, -0.25) is 4.79 Å². The van der Waals surface area contributed by atoms with Gasteiger partial charge in [0.15, 0.2) is 0 Å². The maximum atomic E-state index is 12.9. The summed E-state index contributed by atoms with van der Waals surface area (Å²) in [6, 6.07) is 6.20. The Hall–Kier alpha value is -2.28. The largest absolute Gasteiger partial charge is 0.339 e. The number of amides is 1. The highest BCUT2D eigenvalue weighted by Crippen LogP contribution is 2.17. The molecule has 0 bridgehead atoms. The molecule has 1 aromatic carbocycles. The number of piperazine rings is 1. The summed E-state index contributed by atoms with van der Waals surface area (Å²) in [4.78, 5) is 20.9. The Labute approximate surface area is 146 Å². The Bertz CT molecular complexity index is 716. The van der Waals surface area contributed by atoms with Crippen LogP contribution in [0.2, 0.25) is 0 Å². The lowest BCUT2D eigenvalue weighted by molar-refractivity contribution is -0.135. The Morgan fingerprint density at radius 3 is 2.80 bits per heavy atom. The summed E-state index contributed by atoms with van der Waals surface area (Å²) in [6.45, 7) is 4.70. The summed E-state index contributed by atoms with van der Waals surface area (Å²) < 4.78 is 18.2. The average molecular weight is 346 g/mol. The van der Waals surface area contributed by atoms with Gasteiger partial charge in [0, 0.05) is 44.1 Å². The quantitative estimate of drug-likeness (QED) is 0.832. The maximum Gasteiger partial charge on any atom is 0.226 e. The fourth-order valence-electron chi connectivity index (χ4n) is 3.12. The third-order valence-electron chi connectivity index (χ3n) is 4.50. The van der Waals surface area contributed by atoms with Gasteiger partial charge in [0.2, 0.25) is 17.6 Å². The van der Waals surface area contributed by atoms with Crippen molar-refractivity contribution in [2.45, 2.75) is 32.2 Å². The average Bonchev–Trinajstić information content (AvgIpc) is 3.04. The molecular formula is C18H23FN4O2. The molecule has 3 rings (SSSR count). The monoisotopic (exact) mass is 346 g/mol. The molecule has 2 heterocycles. The number of carbonyl (C=O) groups is 1. The molecule has 1 aliphatic rings. The Morgan fingerprint density at radius 2 is 2.08 bits per heavy atom. The lowest BCUT2D eigenvalue weighted by Crippen LogP contribution is -2.52. The lowest BCUT2D eigenvalue weighted by Gasteiger charge is -2.38. The normalized spacial score (nSPS) is 18.5. The van der Waals surface area contributed by atoms with E-state index in [1.54, 1.807) is 12.1 Å². The first-order valence-corrected chi connectivity index (χ1v) is 8.59. The molecule has 1 fully saturated rings. The summed E-state index contributed by atoms with van der Waals surface area (Å²) in [6.07, 6.45) is 1.70. The zero-order valence-corrected chi connectivity index (χ0v) is 14.6. The van der Waals surface area contributed by atoms with Gasteiger partial charge in [0.25, 0.3) is 0 Å². The van der Waals surface area contributed by atoms with Crippen LogP contribution in [0.4, 0.5) is 4.39 Å². The summed E-state index contributed by atoms with van der Waals surface area (Å²) >= 11 is 0. The molecule has 2 aromatic rings. The molecule has 134 valence electrons. The number of nitrogens with zero attached hydrogens (tertiary/aromatic N) is 4. The Balaban J connectivity index is 1.49. The molecule has 0 spiro atoms. The maximum absolute atomic E-state index is 12.9. The molecular weight excluding hydrogens is 323 g/mol. The summed E-state index contributed by atoms with van der Waals surface area (Å²) in [5.41, 5.74) is 0.707. The van der Waals surface area contributed by atoms with Gasteiger partial charge in [-0.2, -0.15) is 4.98 Å².